The van der Waals surface area contributed by atoms with Gasteiger partial charge in [-0.15, -0.1) is 0 Å². The minimum absolute atomic E-state index is 0.00711. The topological polar surface area (TPSA) is 84.1 Å². The van der Waals surface area contributed by atoms with Crippen LogP contribution in [0.15, 0.2) is 9.52 Å². The van der Waals surface area contributed by atoms with Crippen LogP contribution < -0.4 is 0 Å². The first-order chi connectivity index (χ1) is 14.8. The molecular weight excluding hydrogens is 408 g/mol. The van der Waals surface area contributed by atoms with Gasteiger partial charge in [-0.1, -0.05) is 5.16 Å². The van der Waals surface area contributed by atoms with Gasteiger partial charge >= 0.3 is 6.09 Å². The van der Waals surface area contributed by atoms with Crippen LogP contribution in [0.3, 0.4) is 0 Å². The number of ether oxygens (including phenoxy) is 1. The van der Waals surface area contributed by atoms with Crippen molar-refractivity contribution in [3.05, 3.63) is 11.7 Å². The van der Waals surface area contributed by atoms with Gasteiger partial charge in [0.2, 0.25) is 5.89 Å². The van der Waals surface area contributed by atoms with Crippen molar-refractivity contribution >= 4 is 12.3 Å². The van der Waals surface area contributed by atoms with Crippen molar-refractivity contribution in [1.82, 2.24) is 19.9 Å². The van der Waals surface area contributed by atoms with Crippen LogP contribution in [0, 0.1) is 0 Å². The molecule has 170 valence electrons. The standard InChI is InChI=1S/C21H29F2N5O3/c1-20(5-6-20)30-19(29)27-9-3-14(4-10-27)17-25-18(31-26-17)15-2-8-24-16(12-15)28-11-7-21(22,23)13-28/h8,14-16H,2-7,9-13H2,1H3. The summed E-state index contributed by atoms with van der Waals surface area (Å²) in [5, 5.41) is 4.20. The van der Waals surface area contributed by atoms with Crippen molar-refractivity contribution in [1.29, 1.82) is 0 Å². The molecule has 4 aliphatic rings. The van der Waals surface area contributed by atoms with Gasteiger partial charge in [0.25, 0.3) is 5.92 Å². The van der Waals surface area contributed by atoms with Crippen LogP contribution in [0.5, 0.6) is 0 Å². The molecule has 5 rings (SSSR count). The number of carbonyl (C=O) groups is 1. The second kappa shape index (κ2) is 7.79. The van der Waals surface area contributed by atoms with Gasteiger partial charge in [0.1, 0.15) is 11.8 Å². The highest BCUT2D eigenvalue weighted by molar-refractivity contribution is 5.68. The summed E-state index contributed by atoms with van der Waals surface area (Å²) in [5.74, 6) is -1.27. The molecule has 1 aromatic heterocycles. The van der Waals surface area contributed by atoms with Crippen LogP contribution >= 0.6 is 0 Å². The lowest BCUT2D eigenvalue weighted by molar-refractivity contribution is 0.00686. The van der Waals surface area contributed by atoms with E-state index in [0.717, 1.165) is 25.7 Å². The molecule has 1 aliphatic carbocycles. The monoisotopic (exact) mass is 437 g/mol. The summed E-state index contributed by atoms with van der Waals surface area (Å²) < 4.78 is 38.3. The zero-order valence-electron chi connectivity index (χ0n) is 17.8. The molecule has 1 saturated carbocycles. The predicted molar refractivity (Wildman–Crippen MR) is 107 cm³/mol. The van der Waals surface area contributed by atoms with Crippen molar-refractivity contribution in [2.75, 3.05) is 26.2 Å². The molecule has 2 saturated heterocycles. The average molecular weight is 437 g/mol. The Kier molecular flexibility index (Phi) is 5.22. The summed E-state index contributed by atoms with van der Waals surface area (Å²) in [4.78, 5) is 24.9. The summed E-state index contributed by atoms with van der Waals surface area (Å²) in [6, 6.07) is 0. The molecule has 1 aromatic rings. The number of amides is 1. The minimum atomic E-state index is -2.63. The first-order valence-corrected chi connectivity index (χ1v) is 11.3. The van der Waals surface area contributed by atoms with Gasteiger partial charge < -0.3 is 14.2 Å². The number of hydrogen-bond acceptors (Lipinski definition) is 7. The maximum absolute atomic E-state index is 13.6. The van der Waals surface area contributed by atoms with E-state index < -0.39 is 5.92 Å². The van der Waals surface area contributed by atoms with Gasteiger partial charge in [0.15, 0.2) is 5.82 Å². The van der Waals surface area contributed by atoms with Gasteiger partial charge in [-0.05, 0) is 45.4 Å². The minimum Gasteiger partial charge on any atom is -0.443 e. The molecule has 2 atom stereocenters. The number of carbonyl (C=O) groups excluding carboxylic acids is 1. The van der Waals surface area contributed by atoms with E-state index in [1.54, 1.807) is 16.0 Å². The third kappa shape index (κ3) is 4.58. The van der Waals surface area contributed by atoms with Crippen LogP contribution in [-0.2, 0) is 4.74 Å². The second-order valence-electron chi connectivity index (χ2n) is 9.63. The number of alkyl halides is 2. The molecule has 0 aromatic carbocycles. The quantitative estimate of drug-likeness (QED) is 0.716. The van der Waals surface area contributed by atoms with E-state index in [1.807, 2.05) is 6.92 Å². The normalized spacial score (nSPS) is 30.5. The van der Waals surface area contributed by atoms with Gasteiger partial charge in [-0.25, -0.2) is 13.6 Å². The Morgan fingerprint density at radius 3 is 2.65 bits per heavy atom. The fraction of sp³-hybridized carbons (Fsp3) is 0.810. The van der Waals surface area contributed by atoms with Gasteiger partial charge in [-0.3, -0.25) is 9.89 Å². The van der Waals surface area contributed by atoms with Gasteiger partial charge in [0.05, 0.1) is 6.54 Å². The smallest absolute Gasteiger partial charge is 0.410 e. The Labute approximate surface area is 180 Å². The summed E-state index contributed by atoms with van der Waals surface area (Å²) in [5.41, 5.74) is -0.261. The number of aromatic nitrogens is 2. The van der Waals surface area contributed by atoms with E-state index in [2.05, 4.69) is 15.1 Å². The van der Waals surface area contributed by atoms with Crippen molar-refractivity contribution < 1.29 is 22.8 Å². The molecule has 10 heteroatoms. The third-order valence-corrected chi connectivity index (χ3v) is 7.00. The Balaban J connectivity index is 1.15. The lowest BCUT2D eigenvalue weighted by Gasteiger charge is -2.31. The molecule has 0 bridgehead atoms. The summed E-state index contributed by atoms with van der Waals surface area (Å²) in [6.45, 7) is 3.32. The molecule has 3 fully saturated rings. The zero-order valence-corrected chi connectivity index (χ0v) is 17.8. The fourth-order valence-corrected chi connectivity index (χ4v) is 4.64. The van der Waals surface area contributed by atoms with Crippen molar-refractivity contribution in [3.8, 4) is 0 Å². The van der Waals surface area contributed by atoms with Crippen LogP contribution in [0.2, 0.25) is 0 Å². The maximum Gasteiger partial charge on any atom is 0.410 e. The van der Waals surface area contributed by atoms with Crippen molar-refractivity contribution in [2.45, 2.75) is 81.4 Å². The van der Waals surface area contributed by atoms with Crippen LogP contribution in [0.1, 0.15) is 75.4 Å². The number of halogens is 2. The second-order valence-corrected chi connectivity index (χ2v) is 9.63. The predicted octanol–water partition coefficient (Wildman–Crippen LogP) is 3.55. The Morgan fingerprint density at radius 1 is 1.19 bits per heavy atom. The Morgan fingerprint density at radius 2 is 1.97 bits per heavy atom. The zero-order chi connectivity index (χ0) is 21.6. The number of rotatable bonds is 4. The van der Waals surface area contributed by atoms with E-state index in [0.29, 0.717) is 44.2 Å². The average Bonchev–Trinajstić information content (AvgIpc) is 3.16. The summed E-state index contributed by atoms with van der Waals surface area (Å²) >= 11 is 0. The van der Waals surface area contributed by atoms with E-state index in [4.69, 9.17) is 9.26 Å². The molecule has 0 radical (unpaired) electrons. The molecule has 4 heterocycles. The highest BCUT2D eigenvalue weighted by atomic mass is 19.3. The Bertz CT molecular complexity index is 848. The van der Waals surface area contributed by atoms with E-state index in [-0.39, 0.29) is 42.7 Å². The van der Waals surface area contributed by atoms with Crippen LogP contribution in [0.4, 0.5) is 13.6 Å². The van der Waals surface area contributed by atoms with Crippen LogP contribution in [-0.4, -0.2) is 76.1 Å². The summed E-state index contributed by atoms with van der Waals surface area (Å²) in [6.07, 6.45) is 5.88. The number of aliphatic imine (C=N–C) groups is 1. The largest absolute Gasteiger partial charge is 0.443 e. The number of piperidine rings is 1. The highest BCUT2D eigenvalue weighted by Crippen LogP contribution is 2.40. The molecule has 0 N–H and O–H groups in total. The molecular formula is C21H29F2N5O3. The van der Waals surface area contributed by atoms with Crippen molar-refractivity contribution in [2.24, 2.45) is 4.99 Å². The number of likely N-dealkylation sites (tertiary alicyclic amines) is 2. The molecule has 3 aliphatic heterocycles. The maximum atomic E-state index is 13.6. The first-order valence-electron chi connectivity index (χ1n) is 11.3. The number of hydrogen-bond donors (Lipinski definition) is 0. The van der Waals surface area contributed by atoms with Crippen LogP contribution in [0.25, 0.3) is 0 Å². The SMILES string of the molecule is CC1(OC(=O)N2CCC(c3noc(C4CC=NC(N5CCC(F)(F)C5)C4)n3)CC2)CC1. The lowest BCUT2D eigenvalue weighted by atomic mass is 9.95. The molecule has 31 heavy (non-hydrogen) atoms. The highest BCUT2D eigenvalue weighted by Gasteiger charge is 2.44. The van der Waals surface area contributed by atoms with Gasteiger partial charge in [0, 0.05) is 44.1 Å². The molecule has 2 unspecified atom stereocenters. The number of nitrogens with zero attached hydrogens (tertiary/aromatic N) is 5. The van der Waals surface area contributed by atoms with Crippen molar-refractivity contribution in [3.63, 3.8) is 0 Å². The summed E-state index contributed by atoms with van der Waals surface area (Å²) in [7, 11) is 0. The first kappa shape index (κ1) is 20.8. The lowest BCUT2D eigenvalue weighted by Crippen LogP contribution is -2.40. The van der Waals surface area contributed by atoms with Gasteiger partial charge in [-0.2, -0.15) is 4.98 Å². The molecule has 1 amide bonds. The van der Waals surface area contributed by atoms with E-state index in [9.17, 15) is 13.6 Å². The molecule has 0 spiro atoms. The van der Waals surface area contributed by atoms with E-state index in [1.165, 1.54) is 0 Å². The van der Waals surface area contributed by atoms with E-state index >= 15 is 0 Å². The third-order valence-electron chi connectivity index (χ3n) is 7.00. The fourth-order valence-electron chi connectivity index (χ4n) is 4.64. The Hall–Kier alpha value is -2.10. The molecule has 8 nitrogen and oxygen atoms in total.